The minimum atomic E-state index is -1.70. The predicted octanol–water partition coefficient (Wildman–Crippen LogP) is 1.09. The molecule has 0 amide bonds. The predicted molar refractivity (Wildman–Crippen MR) is 117 cm³/mol. The Labute approximate surface area is 192 Å². The molecule has 1 aromatic heterocycles. The van der Waals surface area contributed by atoms with Crippen LogP contribution < -0.4 is 19.6 Å². The molecule has 34 heavy (non-hydrogen) atoms. The van der Waals surface area contributed by atoms with Gasteiger partial charge in [-0.2, -0.15) is 0 Å². The van der Waals surface area contributed by atoms with Crippen LogP contribution in [-0.4, -0.2) is 70.5 Å². The molecule has 5 atom stereocenters. The highest BCUT2D eigenvalue weighted by Gasteiger charge is 2.44. The molecule has 2 heterocycles. The largest absolute Gasteiger partial charge is 0.508 e. The number of methoxy groups -OCH3 is 2. The van der Waals surface area contributed by atoms with Gasteiger partial charge in [-0.3, -0.25) is 4.79 Å². The Morgan fingerprint density at radius 3 is 2.21 bits per heavy atom. The third-order valence-electron chi connectivity index (χ3n) is 5.63. The molecule has 0 bridgehead atoms. The van der Waals surface area contributed by atoms with Gasteiger partial charge in [-0.15, -0.1) is 0 Å². The number of benzene rings is 2. The van der Waals surface area contributed by atoms with E-state index in [2.05, 4.69) is 0 Å². The average molecular weight is 476 g/mol. The van der Waals surface area contributed by atoms with Crippen molar-refractivity contribution < 1.29 is 48.9 Å². The zero-order valence-corrected chi connectivity index (χ0v) is 18.5. The Morgan fingerprint density at radius 2 is 1.59 bits per heavy atom. The smallest absolute Gasteiger partial charge is 0.239 e. The number of fused-ring (bicyclic) bond motifs is 1. The highest BCUT2D eigenvalue weighted by atomic mass is 16.7. The van der Waals surface area contributed by atoms with Crippen molar-refractivity contribution in [2.75, 3.05) is 14.2 Å². The number of aliphatic hydroxyl groups excluding tert-OH is 3. The lowest BCUT2D eigenvalue weighted by Crippen LogP contribution is -2.58. The molecule has 11 heteroatoms. The molecular formula is C23H24O11. The second-order valence-corrected chi connectivity index (χ2v) is 7.77. The molecule has 0 saturated carbocycles. The van der Waals surface area contributed by atoms with E-state index in [-0.39, 0.29) is 34.0 Å². The highest BCUT2D eigenvalue weighted by molar-refractivity contribution is 5.91. The van der Waals surface area contributed by atoms with E-state index >= 15 is 0 Å². The molecular weight excluding hydrogens is 452 g/mol. The van der Waals surface area contributed by atoms with Crippen LogP contribution in [-0.2, 0) is 4.74 Å². The van der Waals surface area contributed by atoms with Crippen molar-refractivity contribution >= 4 is 11.0 Å². The molecule has 0 radical (unpaired) electrons. The summed E-state index contributed by atoms with van der Waals surface area (Å²) in [4.78, 5) is 13.5. The monoisotopic (exact) mass is 476 g/mol. The van der Waals surface area contributed by atoms with Gasteiger partial charge in [-0.05, 0) is 31.2 Å². The summed E-state index contributed by atoms with van der Waals surface area (Å²) in [5, 5.41) is 50.6. The number of hydrogen-bond acceptors (Lipinski definition) is 11. The first-order chi connectivity index (χ1) is 16.2. The van der Waals surface area contributed by atoms with E-state index in [0.717, 1.165) is 0 Å². The van der Waals surface area contributed by atoms with Gasteiger partial charge in [0.1, 0.15) is 35.0 Å². The second kappa shape index (κ2) is 9.03. The quantitative estimate of drug-likeness (QED) is 0.357. The number of aliphatic hydroxyl groups is 3. The van der Waals surface area contributed by atoms with Crippen molar-refractivity contribution in [2.24, 2.45) is 0 Å². The fourth-order valence-electron chi connectivity index (χ4n) is 3.76. The summed E-state index contributed by atoms with van der Waals surface area (Å²) in [5.41, 5.74) is -0.559. The fourth-order valence-corrected chi connectivity index (χ4v) is 3.76. The fraction of sp³-hybridized carbons (Fsp3) is 0.348. The van der Waals surface area contributed by atoms with E-state index in [1.165, 1.54) is 51.5 Å². The first-order valence-corrected chi connectivity index (χ1v) is 10.3. The lowest BCUT2D eigenvalue weighted by atomic mass is 10.00. The minimum absolute atomic E-state index is 0.0321. The van der Waals surface area contributed by atoms with Gasteiger partial charge in [-0.1, -0.05) is 0 Å². The van der Waals surface area contributed by atoms with Crippen LogP contribution in [0, 0.1) is 0 Å². The summed E-state index contributed by atoms with van der Waals surface area (Å²) in [5.74, 6) is -1.13. The van der Waals surface area contributed by atoms with E-state index < -0.39 is 47.6 Å². The normalized spacial score (nSPS) is 24.7. The van der Waals surface area contributed by atoms with Crippen molar-refractivity contribution in [1.29, 1.82) is 0 Å². The summed E-state index contributed by atoms with van der Waals surface area (Å²) in [7, 11) is 2.63. The van der Waals surface area contributed by atoms with Crippen molar-refractivity contribution in [3.63, 3.8) is 0 Å². The maximum absolute atomic E-state index is 13.5. The van der Waals surface area contributed by atoms with Crippen molar-refractivity contribution in [3.05, 3.63) is 40.6 Å². The van der Waals surface area contributed by atoms with Gasteiger partial charge >= 0.3 is 0 Å². The molecule has 0 spiro atoms. The van der Waals surface area contributed by atoms with Crippen molar-refractivity contribution in [3.8, 4) is 40.1 Å². The first kappa shape index (κ1) is 23.6. The second-order valence-electron chi connectivity index (χ2n) is 7.77. The van der Waals surface area contributed by atoms with E-state index in [9.17, 15) is 30.3 Å². The Kier molecular flexibility index (Phi) is 6.28. The van der Waals surface area contributed by atoms with E-state index in [1.54, 1.807) is 0 Å². The molecule has 1 saturated heterocycles. The summed E-state index contributed by atoms with van der Waals surface area (Å²) in [6.45, 7) is 1.46. The van der Waals surface area contributed by atoms with Gasteiger partial charge in [0.05, 0.1) is 20.3 Å². The van der Waals surface area contributed by atoms with Crippen molar-refractivity contribution in [2.45, 2.75) is 37.6 Å². The summed E-state index contributed by atoms with van der Waals surface area (Å²) >= 11 is 0. The lowest BCUT2D eigenvalue weighted by Gasteiger charge is -2.38. The van der Waals surface area contributed by atoms with Crippen LogP contribution in [0.1, 0.15) is 6.92 Å². The van der Waals surface area contributed by atoms with Gasteiger partial charge in [0, 0.05) is 11.6 Å². The van der Waals surface area contributed by atoms with Crippen molar-refractivity contribution in [1.82, 2.24) is 0 Å². The zero-order chi connectivity index (χ0) is 24.7. The van der Waals surface area contributed by atoms with Crippen LogP contribution in [0.5, 0.6) is 28.7 Å². The van der Waals surface area contributed by atoms with E-state index in [0.29, 0.717) is 5.56 Å². The van der Waals surface area contributed by atoms with E-state index in [1.807, 2.05) is 0 Å². The third-order valence-corrected chi connectivity index (χ3v) is 5.63. The highest BCUT2D eigenvalue weighted by Crippen LogP contribution is 2.44. The number of hydrogen-bond donors (Lipinski definition) is 5. The number of aromatic hydroxyl groups is 2. The Morgan fingerprint density at radius 1 is 0.912 bits per heavy atom. The number of phenols is 2. The molecule has 5 N–H and O–H groups in total. The van der Waals surface area contributed by atoms with Crippen LogP contribution >= 0.6 is 0 Å². The molecule has 2 aromatic carbocycles. The first-order valence-electron chi connectivity index (χ1n) is 10.3. The van der Waals surface area contributed by atoms with E-state index in [4.69, 9.17) is 23.4 Å². The maximum Gasteiger partial charge on any atom is 0.239 e. The number of phenolic OH excluding ortho intramolecular Hbond substituents is 2. The average Bonchev–Trinajstić information content (AvgIpc) is 2.82. The standard InChI is InChI=1S/C23H24O11/c1-9-15(25)18(28)19(29)23(32-9)34-22-17(27)14-12(8-13(30-2)21(31-3)16(14)26)33-20(22)10-4-6-11(24)7-5-10/h4-9,15,18-19,23-26,28-29H,1-3H3/t9-,15+,18+,19+,23+/m1/s1. The minimum Gasteiger partial charge on any atom is -0.508 e. The molecule has 4 rings (SSSR count). The summed E-state index contributed by atoms with van der Waals surface area (Å²) in [6, 6.07) is 7.02. The van der Waals surface area contributed by atoms with Gasteiger partial charge in [0.25, 0.3) is 0 Å². The van der Waals surface area contributed by atoms with Crippen LogP contribution in [0.3, 0.4) is 0 Å². The third kappa shape index (κ3) is 3.88. The lowest BCUT2D eigenvalue weighted by molar-refractivity contribution is -0.268. The van der Waals surface area contributed by atoms with Gasteiger partial charge in [-0.25, -0.2) is 0 Å². The van der Waals surface area contributed by atoms with Crippen LogP contribution in [0.2, 0.25) is 0 Å². The summed E-state index contributed by atoms with van der Waals surface area (Å²) in [6.07, 6.45) is -7.15. The van der Waals surface area contributed by atoms with Crippen LogP contribution in [0.15, 0.2) is 39.5 Å². The summed E-state index contributed by atoms with van der Waals surface area (Å²) < 4.78 is 27.5. The van der Waals surface area contributed by atoms with Crippen LogP contribution in [0.4, 0.5) is 0 Å². The number of ether oxygens (including phenoxy) is 4. The van der Waals surface area contributed by atoms with Gasteiger partial charge in [0.15, 0.2) is 17.3 Å². The molecule has 0 unspecified atom stereocenters. The Balaban J connectivity index is 1.95. The number of rotatable bonds is 5. The van der Waals surface area contributed by atoms with Crippen LogP contribution in [0.25, 0.3) is 22.3 Å². The molecule has 11 nitrogen and oxygen atoms in total. The topological polar surface area (TPSA) is 168 Å². The zero-order valence-electron chi connectivity index (χ0n) is 18.5. The molecule has 0 aliphatic carbocycles. The molecule has 1 aliphatic heterocycles. The maximum atomic E-state index is 13.5. The molecule has 1 aliphatic rings. The SMILES string of the molecule is COc1cc2oc(-c3ccc(O)cc3)c(O[C@@H]3O[C@H](C)[C@H](O)[C@H](O)[C@@H]3O)c(=O)c2c(O)c1OC. The Hall–Kier alpha value is -3.51. The van der Waals surface area contributed by atoms with Gasteiger partial charge < -0.3 is 48.9 Å². The molecule has 3 aromatic rings. The molecule has 1 fully saturated rings. The Bertz CT molecular complexity index is 1250. The van der Waals surface area contributed by atoms with Gasteiger partial charge in [0.2, 0.25) is 23.2 Å². The molecule has 182 valence electrons.